The van der Waals surface area contributed by atoms with Crippen LogP contribution in [0, 0.1) is 5.92 Å². The van der Waals surface area contributed by atoms with E-state index in [0.717, 1.165) is 36.8 Å². The maximum atomic E-state index is 12.2. The van der Waals surface area contributed by atoms with E-state index in [1.807, 2.05) is 18.2 Å². The number of carbonyl (C=O) groups excluding carboxylic acids is 1. The van der Waals surface area contributed by atoms with Crippen molar-refractivity contribution in [3.63, 3.8) is 0 Å². The zero-order valence-corrected chi connectivity index (χ0v) is 14.8. The van der Waals surface area contributed by atoms with Crippen molar-refractivity contribution >= 4 is 29.9 Å². The molecule has 1 aliphatic heterocycles. The monoisotopic (exact) mass is 357 g/mol. The Morgan fingerprint density at radius 2 is 2.13 bits per heavy atom. The van der Waals surface area contributed by atoms with E-state index in [1.54, 1.807) is 0 Å². The lowest BCUT2D eigenvalue weighted by Crippen LogP contribution is -2.50. The summed E-state index contributed by atoms with van der Waals surface area (Å²) < 4.78 is 0. The fourth-order valence-electron chi connectivity index (χ4n) is 3.18. The Labute approximate surface area is 149 Å². The number of piperazine rings is 1. The summed E-state index contributed by atoms with van der Waals surface area (Å²) in [6.45, 7) is 3.90. The summed E-state index contributed by atoms with van der Waals surface area (Å²) in [6, 6.07) is 8.08. The highest BCUT2D eigenvalue weighted by Gasteiger charge is 2.27. The fourth-order valence-corrected chi connectivity index (χ4v) is 3.44. The summed E-state index contributed by atoms with van der Waals surface area (Å²) in [4.78, 5) is 14.4. The minimum atomic E-state index is 0. The molecule has 1 aliphatic carbocycles. The third-order valence-corrected chi connectivity index (χ3v) is 5.12. The highest BCUT2D eigenvalue weighted by atomic mass is 35.5. The zero-order chi connectivity index (χ0) is 15.4. The molecule has 23 heavy (non-hydrogen) atoms. The van der Waals surface area contributed by atoms with Gasteiger partial charge in [-0.2, -0.15) is 0 Å². The molecule has 2 aliphatic rings. The van der Waals surface area contributed by atoms with Crippen LogP contribution in [0.15, 0.2) is 24.3 Å². The molecule has 0 radical (unpaired) electrons. The number of nitrogens with zero attached hydrogens (tertiary/aromatic N) is 1. The van der Waals surface area contributed by atoms with Gasteiger partial charge in [0.25, 0.3) is 0 Å². The molecular weight excluding hydrogens is 333 g/mol. The number of rotatable bonds is 5. The van der Waals surface area contributed by atoms with E-state index in [2.05, 4.69) is 21.6 Å². The van der Waals surface area contributed by atoms with E-state index in [-0.39, 0.29) is 24.4 Å². The molecule has 0 aromatic heterocycles. The number of nitrogens with one attached hydrogen (secondary N) is 2. The SMILES string of the molecule is Cl.O=C(CN1CCNCC1c1ccccc1Cl)NCC1CCC1. The number of hydrogen-bond acceptors (Lipinski definition) is 3. The van der Waals surface area contributed by atoms with Crippen molar-refractivity contribution in [3.05, 3.63) is 34.9 Å². The highest BCUT2D eigenvalue weighted by Crippen LogP contribution is 2.28. The van der Waals surface area contributed by atoms with Gasteiger partial charge in [0.15, 0.2) is 0 Å². The molecule has 0 spiro atoms. The average Bonchev–Trinajstić information content (AvgIpc) is 2.47. The van der Waals surface area contributed by atoms with Crippen molar-refractivity contribution in [2.45, 2.75) is 25.3 Å². The van der Waals surface area contributed by atoms with Gasteiger partial charge in [-0.1, -0.05) is 36.2 Å². The predicted octanol–water partition coefficient (Wildman–Crippen LogP) is 2.62. The van der Waals surface area contributed by atoms with Crippen LogP contribution in [0.5, 0.6) is 0 Å². The molecule has 6 heteroatoms. The van der Waals surface area contributed by atoms with Gasteiger partial charge in [0.2, 0.25) is 5.91 Å². The molecule has 4 nitrogen and oxygen atoms in total. The first-order chi connectivity index (χ1) is 10.7. The van der Waals surface area contributed by atoms with Gasteiger partial charge in [0.1, 0.15) is 0 Å². The van der Waals surface area contributed by atoms with Crippen LogP contribution in [0.4, 0.5) is 0 Å². The van der Waals surface area contributed by atoms with Crippen molar-refractivity contribution in [1.29, 1.82) is 0 Å². The Morgan fingerprint density at radius 1 is 1.35 bits per heavy atom. The Bertz CT molecular complexity index is 522. The van der Waals surface area contributed by atoms with Crippen molar-refractivity contribution in [2.24, 2.45) is 5.92 Å². The minimum absolute atomic E-state index is 0. The van der Waals surface area contributed by atoms with Crippen LogP contribution >= 0.6 is 24.0 Å². The summed E-state index contributed by atoms with van der Waals surface area (Å²) in [5, 5.41) is 7.26. The molecule has 2 N–H and O–H groups in total. The molecule has 1 heterocycles. The standard InChI is InChI=1S/C17H24ClN3O.ClH/c18-15-7-2-1-6-14(15)16-11-19-8-9-21(16)12-17(22)20-10-13-4-3-5-13;/h1-2,6-7,13,16,19H,3-5,8-12H2,(H,20,22);1H. The molecule has 1 saturated carbocycles. The highest BCUT2D eigenvalue weighted by molar-refractivity contribution is 6.31. The number of carbonyl (C=O) groups is 1. The van der Waals surface area contributed by atoms with E-state index in [0.29, 0.717) is 12.5 Å². The number of hydrogen-bond donors (Lipinski definition) is 2. The number of amides is 1. The summed E-state index contributed by atoms with van der Waals surface area (Å²) in [5.74, 6) is 0.831. The summed E-state index contributed by atoms with van der Waals surface area (Å²) in [5.41, 5.74) is 1.10. The average molecular weight is 358 g/mol. The Morgan fingerprint density at radius 3 is 2.83 bits per heavy atom. The summed E-state index contributed by atoms with van der Waals surface area (Å²) in [7, 11) is 0. The number of benzene rings is 1. The zero-order valence-electron chi connectivity index (χ0n) is 13.3. The van der Waals surface area contributed by atoms with Gasteiger partial charge in [-0.15, -0.1) is 12.4 Å². The molecule has 1 unspecified atom stereocenters. The van der Waals surface area contributed by atoms with Gasteiger partial charge in [-0.25, -0.2) is 0 Å². The Hall–Kier alpha value is -0.810. The topological polar surface area (TPSA) is 44.4 Å². The fraction of sp³-hybridized carbons (Fsp3) is 0.588. The van der Waals surface area contributed by atoms with Crippen LogP contribution in [0.1, 0.15) is 30.9 Å². The lowest BCUT2D eigenvalue weighted by Gasteiger charge is -2.36. The summed E-state index contributed by atoms with van der Waals surface area (Å²) >= 11 is 6.33. The lowest BCUT2D eigenvalue weighted by molar-refractivity contribution is -0.123. The normalized spacial score (nSPS) is 22.0. The largest absolute Gasteiger partial charge is 0.355 e. The first kappa shape index (κ1) is 18.5. The smallest absolute Gasteiger partial charge is 0.234 e. The van der Waals surface area contributed by atoms with E-state index in [4.69, 9.17) is 11.6 Å². The molecule has 1 amide bonds. The molecule has 1 aromatic carbocycles. The molecule has 3 rings (SSSR count). The van der Waals surface area contributed by atoms with Gasteiger partial charge in [0.05, 0.1) is 6.54 Å². The second-order valence-electron chi connectivity index (χ2n) is 6.31. The molecule has 128 valence electrons. The molecule has 0 bridgehead atoms. The molecule has 1 saturated heterocycles. The van der Waals surface area contributed by atoms with Crippen molar-refractivity contribution in [3.8, 4) is 0 Å². The minimum Gasteiger partial charge on any atom is -0.355 e. The predicted molar refractivity (Wildman–Crippen MR) is 96.2 cm³/mol. The molecular formula is C17H25Cl2N3O. The van der Waals surface area contributed by atoms with E-state index in [9.17, 15) is 4.79 Å². The van der Waals surface area contributed by atoms with Crippen LogP contribution in [-0.2, 0) is 4.79 Å². The lowest BCUT2D eigenvalue weighted by atomic mass is 9.85. The van der Waals surface area contributed by atoms with Crippen molar-refractivity contribution in [1.82, 2.24) is 15.5 Å². The van der Waals surface area contributed by atoms with E-state index in [1.165, 1.54) is 19.3 Å². The van der Waals surface area contributed by atoms with Gasteiger partial charge in [0, 0.05) is 37.2 Å². The van der Waals surface area contributed by atoms with E-state index >= 15 is 0 Å². The van der Waals surface area contributed by atoms with Gasteiger partial charge >= 0.3 is 0 Å². The first-order valence-electron chi connectivity index (χ1n) is 8.20. The summed E-state index contributed by atoms with van der Waals surface area (Å²) in [6.07, 6.45) is 3.83. The Balaban J connectivity index is 0.00000192. The van der Waals surface area contributed by atoms with Gasteiger partial charge in [-0.3, -0.25) is 9.69 Å². The first-order valence-corrected chi connectivity index (χ1v) is 8.57. The van der Waals surface area contributed by atoms with Gasteiger partial charge in [-0.05, 0) is 30.4 Å². The van der Waals surface area contributed by atoms with Crippen LogP contribution in [0.3, 0.4) is 0 Å². The van der Waals surface area contributed by atoms with Crippen LogP contribution < -0.4 is 10.6 Å². The quantitative estimate of drug-likeness (QED) is 0.851. The second-order valence-corrected chi connectivity index (χ2v) is 6.72. The van der Waals surface area contributed by atoms with E-state index < -0.39 is 0 Å². The third kappa shape index (κ3) is 4.83. The van der Waals surface area contributed by atoms with Crippen LogP contribution in [0.2, 0.25) is 5.02 Å². The molecule has 2 fully saturated rings. The maximum Gasteiger partial charge on any atom is 0.234 e. The van der Waals surface area contributed by atoms with Crippen LogP contribution in [0.25, 0.3) is 0 Å². The van der Waals surface area contributed by atoms with Gasteiger partial charge < -0.3 is 10.6 Å². The maximum absolute atomic E-state index is 12.2. The van der Waals surface area contributed by atoms with Crippen LogP contribution in [-0.4, -0.2) is 43.5 Å². The number of halogens is 2. The van der Waals surface area contributed by atoms with Crippen molar-refractivity contribution < 1.29 is 4.79 Å². The molecule has 1 atom stereocenters. The second kappa shape index (κ2) is 8.88. The Kier molecular flexibility index (Phi) is 7.15. The third-order valence-electron chi connectivity index (χ3n) is 4.78. The van der Waals surface area contributed by atoms with Crippen molar-refractivity contribution in [2.75, 3.05) is 32.7 Å². The molecule has 1 aromatic rings.